The first-order valence-corrected chi connectivity index (χ1v) is 15.9. The van der Waals surface area contributed by atoms with Gasteiger partial charge in [0.1, 0.15) is 17.3 Å². The van der Waals surface area contributed by atoms with E-state index in [1.54, 1.807) is 6.07 Å². The monoisotopic (exact) mass is 643 g/mol. The van der Waals surface area contributed by atoms with Gasteiger partial charge in [0.25, 0.3) is 0 Å². The molecule has 2 heterocycles. The number of carbonyl (C=O) groups is 3. The highest BCUT2D eigenvalue weighted by Gasteiger charge is 2.54. The molecule has 246 valence electrons. The summed E-state index contributed by atoms with van der Waals surface area (Å²) in [5.74, 6) is 0.205. The summed E-state index contributed by atoms with van der Waals surface area (Å²) in [6.45, 7) is 4.72. The van der Waals surface area contributed by atoms with Crippen LogP contribution in [0.25, 0.3) is 0 Å². The molecule has 5 rings (SSSR count). The van der Waals surface area contributed by atoms with Crippen LogP contribution in [0.15, 0.2) is 42.5 Å². The summed E-state index contributed by atoms with van der Waals surface area (Å²) in [5, 5.41) is 23.4. The average molecular weight is 644 g/mol. The van der Waals surface area contributed by atoms with Gasteiger partial charge in [-0.2, -0.15) is 0 Å². The van der Waals surface area contributed by atoms with Crippen molar-refractivity contribution in [1.29, 1.82) is 0 Å². The number of benzene rings is 2. The molecular formula is C34H46ClN3O7. The van der Waals surface area contributed by atoms with Gasteiger partial charge in [-0.15, -0.1) is 12.4 Å². The van der Waals surface area contributed by atoms with E-state index in [4.69, 9.17) is 9.47 Å². The minimum atomic E-state index is -1.04. The molecule has 0 radical (unpaired) electrons. The van der Waals surface area contributed by atoms with E-state index >= 15 is 0 Å². The number of likely N-dealkylation sites (tertiary alicyclic amines) is 1. The number of halogens is 1. The van der Waals surface area contributed by atoms with E-state index in [1.807, 2.05) is 29.2 Å². The van der Waals surface area contributed by atoms with Crippen molar-refractivity contribution in [3.8, 4) is 17.2 Å². The number of hydrogen-bond acceptors (Lipinski definition) is 7. The van der Waals surface area contributed by atoms with Crippen molar-refractivity contribution in [2.24, 2.45) is 0 Å². The number of aliphatic hydroxyl groups is 1. The highest BCUT2D eigenvalue weighted by atomic mass is 35.5. The van der Waals surface area contributed by atoms with Crippen LogP contribution >= 0.6 is 12.4 Å². The number of ether oxygens (including phenoxy) is 2. The Morgan fingerprint density at radius 2 is 1.69 bits per heavy atom. The lowest BCUT2D eigenvalue weighted by Gasteiger charge is -2.52. The first-order valence-electron chi connectivity index (χ1n) is 15.9. The Hall–Kier alpha value is -3.34. The van der Waals surface area contributed by atoms with E-state index in [0.717, 1.165) is 37.7 Å². The third-order valence-electron chi connectivity index (χ3n) is 9.56. The van der Waals surface area contributed by atoms with Crippen LogP contribution in [0.1, 0.15) is 87.1 Å². The molecule has 1 spiro atoms. The Morgan fingerprint density at radius 1 is 1.00 bits per heavy atom. The van der Waals surface area contributed by atoms with Crippen molar-refractivity contribution in [3.63, 3.8) is 0 Å². The van der Waals surface area contributed by atoms with Gasteiger partial charge in [-0.25, -0.2) is 4.79 Å². The van der Waals surface area contributed by atoms with E-state index in [0.29, 0.717) is 75.5 Å². The predicted molar refractivity (Wildman–Crippen MR) is 172 cm³/mol. The second kappa shape index (κ2) is 14.8. The molecule has 3 aliphatic rings. The number of rotatable bonds is 11. The van der Waals surface area contributed by atoms with Gasteiger partial charge in [-0.3, -0.25) is 14.5 Å². The van der Waals surface area contributed by atoms with Crippen molar-refractivity contribution in [1.82, 2.24) is 15.1 Å². The molecule has 1 saturated carbocycles. The SMILES string of the molecule is CCCCN1C(=O)[C@@H](CC2(O)CCCCC2)NC(=O)C12CCN(Cc1ccc(Oc3ccc(C(=O)O)cc3OC)cc1)CC2.Cl. The molecule has 1 atom stereocenters. The summed E-state index contributed by atoms with van der Waals surface area (Å²) >= 11 is 0. The first-order chi connectivity index (χ1) is 21.2. The Kier molecular flexibility index (Phi) is 11.4. The van der Waals surface area contributed by atoms with Crippen LogP contribution in [-0.2, 0) is 16.1 Å². The Balaban J connectivity index is 0.00000461. The molecule has 0 aromatic heterocycles. The van der Waals surface area contributed by atoms with Crippen LogP contribution in [0.3, 0.4) is 0 Å². The number of carbonyl (C=O) groups excluding carboxylic acids is 2. The summed E-state index contributed by atoms with van der Waals surface area (Å²) < 4.78 is 11.3. The molecule has 0 bridgehead atoms. The Labute approximate surface area is 271 Å². The number of unbranched alkanes of at least 4 members (excludes halogenated alkanes) is 1. The zero-order chi connectivity index (χ0) is 31.3. The van der Waals surface area contributed by atoms with Crippen LogP contribution in [0, 0.1) is 0 Å². The van der Waals surface area contributed by atoms with Crippen molar-refractivity contribution in [3.05, 3.63) is 53.6 Å². The number of methoxy groups -OCH3 is 1. The lowest BCUT2D eigenvalue weighted by molar-refractivity contribution is -0.163. The molecule has 2 aromatic rings. The molecule has 2 saturated heterocycles. The molecule has 11 heteroatoms. The molecule has 10 nitrogen and oxygen atoms in total. The van der Waals surface area contributed by atoms with Crippen molar-refractivity contribution >= 4 is 30.2 Å². The summed E-state index contributed by atoms with van der Waals surface area (Å²) in [7, 11) is 1.47. The first kappa shape index (κ1) is 34.5. The quantitative estimate of drug-likeness (QED) is 0.307. The van der Waals surface area contributed by atoms with Gasteiger partial charge in [-0.1, -0.05) is 44.7 Å². The lowest BCUT2D eigenvalue weighted by Crippen LogP contribution is -2.73. The zero-order valence-electron chi connectivity index (χ0n) is 26.3. The van der Waals surface area contributed by atoms with Gasteiger partial charge >= 0.3 is 5.97 Å². The van der Waals surface area contributed by atoms with E-state index in [-0.39, 0.29) is 29.8 Å². The summed E-state index contributed by atoms with van der Waals surface area (Å²) in [6, 6.07) is 11.5. The second-order valence-corrected chi connectivity index (χ2v) is 12.6. The summed E-state index contributed by atoms with van der Waals surface area (Å²) in [4.78, 5) is 43.0. The van der Waals surface area contributed by atoms with Crippen molar-refractivity contribution < 1.29 is 34.1 Å². The third-order valence-corrected chi connectivity index (χ3v) is 9.56. The molecule has 0 unspecified atom stereocenters. The number of piperazine rings is 1. The minimum Gasteiger partial charge on any atom is -0.493 e. The van der Waals surface area contributed by atoms with Crippen LogP contribution in [-0.4, -0.2) is 81.7 Å². The van der Waals surface area contributed by atoms with Crippen LogP contribution in [0.4, 0.5) is 0 Å². The lowest BCUT2D eigenvalue weighted by atomic mass is 9.77. The van der Waals surface area contributed by atoms with Crippen molar-refractivity contribution in [2.45, 2.75) is 94.9 Å². The number of nitrogens with zero attached hydrogens (tertiary/aromatic N) is 2. The van der Waals surface area contributed by atoms with E-state index < -0.39 is 23.2 Å². The summed E-state index contributed by atoms with van der Waals surface area (Å²) in [5.41, 5.74) is -0.515. The Morgan fingerprint density at radius 3 is 2.31 bits per heavy atom. The number of nitrogens with one attached hydrogen (secondary N) is 1. The Bertz CT molecular complexity index is 1340. The highest BCUT2D eigenvalue weighted by Crippen LogP contribution is 2.38. The topological polar surface area (TPSA) is 129 Å². The van der Waals surface area contributed by atoms with Crippen LogP contribution in [0.2, 0.25) is 0 Å². The molecule has 2 aromatic carbocycles. The fraction of sp³-hybridized carbons (Fsp3) is 0.559. The molecule has 3 fully saturated rings. The number of piperidine rings is 1. The molecule has 2 amide bonds. The number of aromatic carboxylic acids is 1. The largest absolute Gasteiger partial charge is 0.493 e. The number of carboxylic acids is 1. The zero-order valence-corrected chi connectivity index (χ0v) is 27.1. The maximum absolute atomic E-state index is 13.8. The maximum atomic E-state index is 13.8. The van der Waals surface area contributed by atoms with Crippen LogP contribution < -0.4 is 14.8 Å². The molecule has 45 heavy (non-hydrogen) atoms. The third kappa shape index (κ3) is 7.73. The van der Waals surface area contributed by atoms with Gasteiger partial charge < -0.3 is 29.9 Å². The maximum Gasteiger partial charge on any atom is 0.335 e. The fourth-order valence-electron chi connectivity index (χ4n) is 6.96. The summed E-state index contributed by atoms with van der Waals surface area (Å²) in [6.07, 6.45) is 7.59. The van der Waals surface area contributed by atoms with Gasteiger partial charge in [0, 0.05) is 32.6 Å². The van der Waals surface area contributed by atoms with Gasteiger partial charge in [0.2, 0.25) is 11.8 Å². The smallest absolute Gasteiger partial charge is 0.335 e. The minimum absolute atomic E-state index is 0. The standard InChI is InChI=1S/C34H45N3O7.ClH/c1-3-4-18-37-30(38)27(22-33(42)14-6-5-7-15-33)35-32(41)34(37)16-19-36(20-17-34)23-24-8-11-26(12-9-24)44-28-13-10-25(31(39)40)21-29(28)43-2;/h8-13,21,27,42H,3-7,14-20,22-23H2,1-2H3,(H,35,41)(H,39,40);1H/t27-;/m1./s1. The highest BCUT2D eigenvalue weighted by molar-refractivity contribution is 6.00. The van der Waals surface area contributed by atoms with E-state index in [9.17, 15) is 24.6 Å². The van der Waals surface area contributed by atoms with Gasteiger partial charge in [-0.05, 0) is 68.0 Å². The molecule has 1 aliphatic carbocycles. The van der Waals surface area contributed by atoms with E-state index in [1.165, 1.54) is 19.2 Å². The molecular weight excluding hydrogens is 598 g/mol. The predicted octanol–water partition coefficient (Wildman–Crippen LogP) is 5.15. The van der Waals surface area contributed by atoms with Crippen LogP contribution in [0.5, 0.6) is 17.2 Å². The molecule has 2 aliphatic heterocycles. The van der Waals surface area contributed by atoms with Crippen molar-refractivity contribution in [2.75, 3.05) is 26.7 Å². The van der Waals surface area contributed by atoms with Gasteiger partial charge in [0.15, 0.2) is 11.5 Å². The van der Waals surface area contributed by atoms with Gasteiger partial charge in [0.05, 0.1) is 18.3 Å². The normalized spacial score (nSPS) is 21.1. The average Bonchev–Trinajstić information content (AvgIpc) is 3.02. The number of hydrogen-bond donors (Lipinski definition) is 3. The number of carboxylic acid groups (broad SMARTS) is 1. The molecule has 3 N–H and O–H groups in total. The van der Waals surface area contributed by atoms with E-state index in [2.05, 4.69) is 17.1 Å². The number of amides is 2. The fourth-order valence-corrected chi connectivity index (χ4v) is 6.96. The second-order valence-electron chi connectivity index (χ2n) is 12.6.